The van der Waals surface area contributed by atoms with Gasteiger partial charge in [0.05, 0.1) is 12.1 Å². The van der Waals surface area contributed by atoms with Crippen LogP contribution in [0.1, 0.15) is 109 Å². The fourth-order valence-electron chi connectivity index (χ4n) is 11.8. The highest BCUT2D eigenvalue weighted by atomic mass is 16.7. The van der Waals surface area contributed by atoms with Crippen LogP contribution in [-0.2, 0) is 51.2 Å². The van der Waals surface area contributed by atoms with Crippen LogP contribution in [0.25, 0.3) is 21.8 Å². The Morgan fingerprint density at radius 2 is 1.34 bits per heavy atom. The molecular formula is C51H65N9O8. The molecule has 362 valence electrons. The fourth-order valence-corrected chi connectivity index (χ4v) is 11.8. The zero-order valence-electron chi connectivity index (χ0n) is 39.5. The van der Waals surface area contributed by atoms with Crippen LogP contribution in [0.2, 0.25) is 0 Å². The molecule has 9 rings (SSSR count). The molecule has 2 aromatic heterocycles. The van der Waals surface area contributed by atoms with Crippen LogP contribution in [0.15, 0.2) is 60.9 Å². The van der Waals surface area contributed by atoms with Gasteiger partial charge >= 0.3 is 0 Å². The summed E-state index contributed by atoms with van der Waals surface area (Å²) in [6.07, 6.45) is 9.65. The summed E-state index contributed by atoms with van der Waals surface area (Å²) in [5.41, 5.74) is 1.77. The standard InChI is InChI=1S/C51H65N9O8/c1-29(2)68-60(31(4)61)30(3)44-49(66)58-23-13-20-42(58)48(65)59-41-19-10-5-14-32(41)26-43(59)47(64)54-40(25-34-28-53-38-18-9-7-16-36(34)38)46(63)57-51(21-11-12-22-51)50(67)55-39(45(62)56-44)24-33-27-52-37-17-8-6-15-35(33)37/h6-9,15-18,27-30,32,39-44,52-53H,5,10-14,19-26H2,1-4H3,(H,54,64)(H,55,67)(H,56,62)(H,57,63)/t30?,32-,39-,40-,41-,42+,43-,44-/m0/s1. The van der Waals surface area contributed by atoms with Crippen molar-refractivity contribution in [2.24, 2.45) is 5.92 Å². The quantitative estimate of drug-likeness (QED) is 0.141. The lowest BCUT2D eigenvalue weighted by atomic mass is 9.84. The second kappa shape index (κ2) is 19.4. The van der Waals surface area contributed by atoms with E-state index in [9.17, 15) is 9.59 Å². The minimum Gasteiger partial charge on any atom is -0.361 e. The van der Waals surface area contributed by atoms with Crippen molar-refractivity contribution in [1.82, 2.24) is 46.1 Å². The molecule has 4 aromatic rings. The Hall–Kier alpha value is -6.23. The summed E-state index contributed by atoms with van der Waals surface area (Å²) in [5, 5.41) is 15.0. The number of hydrogen-bond donors (Lipinski definition) is 6. The molecule has 3 aliphatic heterocycles. The normalized spacial score (nSPS) is 27.6. The molecule has 5 aliphatic rings. The Labute approximate surface area is 396 Å². The molecule has 2 aliphatic carbocycles. The zero-order valence-corrected chi connectivity index (χ0v) is 39.5. The number of nitrogens with zero attached hydrogens (tertiary/aromatic N) is 3. The lowest BCUT2D eigenvalue weighted by molar-refractivity contribution is -0.215. The number of carbonyl (C=O) groups is 7. The number of para-hydroxylation sites is 2. The minimum atomic E-state index is -1.45. The number of aromatic nitrogens is 2. The van der Waals surface area contributed by atoms with E-state index in [2.05, 4.69) is 31.2 Å². The van der Waals surface area contributed by atoms with Gasteiger partial charge in [-0.3, -0.25) is 38.4 Å². The molecule has 2 aromatic carbocycles. The first-order valence-corrected chi connectivity index (χ1v) is 24.7. The third kappa shape index (κ3) is 9.08. The molecule has 2 saturated carbocycles. The monoisotopic (exact) mass is 931 g/mol. The molecule has 6 N–H and O–H groups in total. The lowest BCUT2D eigenvalue weighted by Crippen LogP contribution is -2.67. The highest BCUT2D eigenvalue weighted by molar-refractivity contribution is 6.01. The van der Waals surface area contributed by atoms with Gasteiger partial charge in [0.25, 0.3) is 0 Å². The minimum absolute atomic E-state index is 0.00277. The van der Waals surface area contributed by atoms with Gasteiger partial charge in [-0.1, -0.05) is 62.1 Å². The Balaban J connectivity index is 1.15. The van der Waals surface area contributed by atoms with Gasteiger partial charge in [0, 0.05) is 66.6 Å². The number of hydroxylamine groups is 2. The number of rotatable bonds is 8. The summed E-state index contributed by atoms with van der Waals surface area (Å²) in [6.45, 7) is 6.62. The number of H-pyrrole nitrogens is 2. The van der Waals surface area contributed by atoms with Gasteiger partial charge in [-0.05, 0) is 94.9 Å². The van der Waals surface area contributed by atoms with Crippen LogP contribution in [-0.4, -0.2) is 127 Å². The van der Waals surface area contributed by atoms with Crippen LogP contribution in [0, 0.1) is 5.92 Å². The maximum absolute atomic E-state index is 15.3. The highest BCUT2D eigenvalue weighted by Gasteiger charge is 2.53. The molecule has 0 bridgehead atoms. The van der Waals surface area contributed by atoms with Crippen LogP contribution >= 0.6 is 0 Å². The maximum Gasteiger partial charge on any atom is 0.248 e. The lowest BCUT2D eigenvalue weighted by Gasteiger charge is -2.40. The maximum atomic E-state index is 15.3. The van der Waals surface area contributed by atoms with Gasteiger partial charge in [-0.2, -0.15) is 0 Å². The van der Waals surface area contributed by atoms with Gasteiger partial charge in [-0.25, -0.2) is 5.06 Å². The summed E-state index contributed by atoms with van der Waals surface area (Å²) in [4.78, 5) is 120. The van der Waals surface area contributed by atoms with Crippen molar-refractivity contribution < 1.29 is 38.4 Å². The first-order chi connectivity index (χ1) is 32.7. The number of carbonyl (C=O) groups excluding carboxylic acids is 7. The summed E-state index contributed by atoms with van der Waals surface area (Å²) < 4.78 is 0. The second-order valence-corrected chi connectivity index (χ2v) is 20.0. The molecule has 5 heterocycles. The van der Waals surface area contributed by atoms with Crippen molar-refractivity contribution in [3.8, 4) is 0 Å². The van der Waals surface area contributed by atoms with Gasteiger partial charge in [0.1, 0.15) is 35.7 Å². The van der Waals surface area contributed by atoms with E-state index in [4.69, 9.17) is 4.84 Å². The van der Waals surface area contributed by atoms with E-state index in [1.165, 1.54) is 11.8 Å². The molecule has 0 radical (unpaired) electrons. The largest absolute Gasteiger partial charge is 0.361 e. The summed E-state index contributed by atoms with van der Waals surface area (Å²) in [7, 11) is 0. The number of benzene rings is 2. The zero-order chi connectivity index (χ0) is 47.9. The van der Waals surface area contributed by atoms with E-state index in [0.29, 0.717) is 38.5 Å². The van der Waals surface area contributed by atoms with Crippen molar-refractivity contribution >= 4 is 63.2 Å². The van der Waals surface area contributed by atoms with E-state index in [1.807, 2.05) is 54.7 Å². The first-order valence-electron chi connectivity index (χ1n) is 24.7. The molecule has 68 heavy (non-hydrogen) atoms. The van der Waals surface area contributed by atoms with Crippen LogP contribution in [0.4, 0.5) is 0 Å². The van der Waals surface area contributed by atoms with Crippen molar-refractivity contribution in [3.63, 3.8) is 0 Å². The first kappa shape index (κ1) is 46.9. The summed E-state index contributed by atoms with van der Waals surface area (Å²) in [6, 6.07) is 8.26. The van der Waals surface area contributed by atoms with Crippen molar-refractivity contribution in [1.29, 1.82) is 0 Å². The third-order valence-electron chi connectivity index (χ3n) is 15.2. The number of hydrogen-bond acceptors (Lipinski definition) is 8. The molecule has 5 fully saturated rings. The molecule has 3 saturated heterocycles. The smallest absolute Gasteiger partial charge is 0.248 e. The van der Waals surface area contributed by atoms with Crippen LogP contribution in [0.3, 0.4) is 0 Å². The van der Waals surface area contributed by atoms with E-state index >= 15 is 24.0 Å². The molecule has 8 atom stereocenters. The molecular weight excluding hydrogens is 867 g/mol. The van der Waals surface area contributed by atoms with E-state index in [1.54, 1.807) is 31.9 Å². The molecule has 17 nitrogen and oxygen atoms in total. The molecule has 1 spiro atoms. The van der Waals surface area contributed by atoms with E-state index in [-0.39, 0.29) is 50.1 Å². The topological polar surface area (TPSA) is 218 Å². The average molecular weight is 932 g/mol. The summed E-state index contributed by atoms with van der Waals surface area (Å²) >= 11 is 0. The Kier molecular flexibility index (Phi) is 13.4. The van der Waals surface area contributed by atoms with Crippen molar-refractivity contribution in [2.45, 2.75) is 165 Å². The van der Waals surface area contributed by atoms with Crippen molar-refractivity contribution in [2.75, 3.05) is 6.54 Å². The van der Waals surface area contributed by atoms with Gasteiger partial charge < -0.3 is 41.0 Å². The predicted octanol–water partition coefficient (Wildman–Crippen LogP) is 4.06. The second-order valence-electron chi connectivity index (χ2n) is 20.0. The Bertz CT molecular complexity index is 2580. The van der Waals surface area contributed by atoms with Gasteiger partial charge in [0.15, 0.2) is 0 Å². The third-order valence-corrected chi connectivity index (χ3v) is 15.2. The van der Waals surface area contributed by atoms with Crippen molar-refractivity contribution in [3.05, 3.63) is 72.1 Å². The number of aromatic amines is 2. The molecule has 7 amide bonds. The van der Waals surface area contributed by atoms with Crippen LogP contribution in [0.5, 0.6) is 0 Å². The number of nitrogens with one attached hydrogen (secondary N) is 6. The Morgan fingerprint density at radius 1 is 0.721 bits per heavy atom. The highest BCUT2D eigenvalue weighted by Crippen LogP contribution is 2.41. The number of amides is 7. The molecule has 1 unspecified atom stereocenters. The van der Waals surface area contributed by atoms with E-state index in [0.717, 1.165) is 57.3 Å². The SMILES string of the molecule is CC(=O)N(OC(C)C)C(C)[C@@H]1NC(=O)[C@H](Cc2c[nH]c3ccccc23)NC(=O)C2(CCCC2)NC(=O)[C@H](Cc2c[nH]c3ccccc23)NC(=O)[C@@H]2C[C@@H]3CCCC[C@@H]3N2C(=O)[C@H]2CCCN2C1=O. The van der Waals surface area contributed by atoms with Gasteiger partial charge in [0.2, 0.25) is 41.4 Å². The number of fused-ring (bicyclic) bond motifs is 6. The summed E-state index contributed by atoms with van der Waals surface area (Å²) in [5.74, 6) is -3.66. The van der Waals surface area contributed by atoms with E-state index < -0.39 is 83.3 Å². The fraction of sp³-hybridized carbons (Fsp3) is 0.549. The predicted molar refractivity (Wildman–Crippen MR) is 253 cm³/mol. The molecule has 17 heteroatoms. The average Bonchev–Trinajstić information content (AvgIpc) is 4.19. The van der Waals surface area contributed by atoms with Gasteiger partial charge in [-0.15, -0.1) is 0 Å². The Morgan fingerprint density at radius 3 is 1.97 bits per heavy atom. The van der Waals surface area contributed by atoms with Crippen LogP contribution < -0.4 is 21.3 Å².